The van der Waals surface area contributed by atoms with Gasteiger partial charge in [0.2, 0.25) is 0 Å². The van der Waals surface area contributed by atoms with Gasteiger partial charge in [-0.25, -0.2) is 4.98 Å². The normalized spacial score (nSPS) is 12.2. The van der Waals surface area contributed by atoms with E-state index in [2.05, 4.69) is 154 Å². The molecule has 0 radical (unpaired) electrons. The van der Waals surface area contributed by atoms with E-state index in [9.17, 15) is 0 Å². The maximum Gasteiger partial charge on any atom is 0.145 e. The van der Waals surface area contributed by atoms with Crippen LogP contribution in [0, 0.1) is 0 Å². The Morgan fingerprint density at radius 1 is 0.396 bits per heavy atom. The highest BCUT2D eigenvalue weighted by Gasteiger charge is 2.25. The minimum absolute atomic E-state index is 0.949. The smallest absolute Gasteiger partial charge is 0.145 e. The summed E-state index contributed by atoms with van der Waals surface area (Å²) >= 11 is 0. The summed E-state index contributed by atoms with van der Waals surface area (Å²) in [7, 11) is 0. The van der Waals surface area contributed by atoms with Gasteiger partial charge in [-0.3, -0.25) is 9.55 Å². The Labute approximate surface area is 275 Å². The lowest BCUT2D eigenvalue weighted by Gasteiger charge is -2.12. The molecule has 4 nitrogen and oxygen atoms in total. The number of para-hydroxylation sites is 3. The Morgan fingerprint density at radius 2 is 1.02 bits per heavy atom. The largest absolute Gasteiger partial charge is 0.309 e. The fraction of sp³-hybridized carbons (Fsp3) is 0. The molecule has 1 aliphatic rings. The minimum Gasteiger partial charge on any atom is -0.309 e. The zero-order valence-corrected chi connectivity index (χ0v) is 25.8. The minimum atomic E-state index is 0.949. The summed E-state index contributed by atoms with van der Waals surface area (Å²) in [5.74, 6) is 0.949. The van der Waals surface area contributed by atoms with E-state index in [1.165, 1.54) is 65.9 Å². The third-order valence-corrected chi connectivity index (χ3v) is 10.2. The van der Waals surface area contributed by atoms with E-state index in [0.29, 0.717) is 0 Å². The second-order valence-corrected chi connectivity index (χ2v) is 12.6. The molecule has 11 rings (SSSR count). The van der Waals surface area contributed by atoms with Crippen LogP contribution in [0.25, 0.3) is 99.3 Å². The van der Waals surface area contributed by atoms with Gasteiger partial charge in [0.15, 0.2) is 0 Å². The summed E-state index contributed by atoms with van der Waals surface area (Å²) in [4.78, 5) is 9.58. The van der Waals surface area contributed by atoms with E-state index in [1.54, 1.807) is 0 Å². The van der Waals surface area contributed by atoms with Crippen molar-refractivity contribution >= 4 is 54.4 Å². The first-order chi connectivity index (χ1) is 23.8. The lowest BCUT2D eigenvalue weighted by Crippen LogP contribution is -1.99. The molecular formula is C44H26N4. The summed E-state index contributed by atoms with van der Waals surface area (Å²) in [6, 6.07) is 50.5. The van der Waals surface area contributed by atoms with Crippen molar-refractivity contribution in [2.75, 3.05) is 0 Å². The molecule has 0 spiro atoms. The lowest BCUT2D eigenvalue weighted by atomic mass is 10.0. The summed E-state index contributed by atoms with van der Waals surface area (Å²) in [6.45, 7) is 0. The van der Waals surface area contributed by atoms with Crippen LogP contribution in [-0.4, -0.2) is 19.1 Å². The number of pyridine rings is 2. The van der Waals surface area contributed by atoms with Gasteiger partial charge in [-0.05, 0) is 76.9 Å². The van der Waals surface area contributed by atoms with Gasteiger partial charge in [-0.15, -0.1) is 0 Å². The van der Waals surface area contributed by atoms with Crippen molar-refractivity contribution in [1.82, 2.24) is 19.1 Å². The number of aromatic nitrogens is 4. The third-order valence-electron chi connectivity index (χ3n) is 10.2. The van der Waals surface area contributed by atoms with E-state index in [4.69, 9.17) is 4.98 Å². The topological polar surface area (TPSA) is 35.6 Å². The number of hydrogen-bond acceptors (Lipinski definition) is 2. The summed E-state index contributed by atoms with van der Waals surface area (Å²) in [5, 5.41) is 7.33. The van der Waals surface area contributed by atoms with Crippen molar-refractivity contribution in [3.05, 3.63) is 158 Å². The first-order valence-electron chi connectivity index (χ1n) is 16.3. The zero-order chi connectivity index (χ0) is 31.3. The first kappa shape index (κ1) is 25.6. The molecule has 10 aromatic rings. The Hall–Kier alpha value is -6.52. The fourth-order valence-electron chi connectivity index (χ4n) is 8.13. The van der Waals surface area contributed by atoms with Crippen molar-refractivity contribution in [2.45, 2.75) is 0 Å². The summed E-state index contributed by atoms with van der Waals surface area (Å²) < 4.78 is 4.71. The lowest BCUT2D eigenvalue weighted by molar-refractivity contribution is 1.10. The predicted octanol–water partition coefficient (Wildman–Crippen LogP) is 11.1. The maximum atomic E-state index is 5.16. The van der Waals surface area contributed by atoms with Gasteiger partial charge in [0.1, 0.15) is 5.82 Å². The van der Waals surface area contributed by atoms with Crippen molar-refractivity contribution in [2.24, 2.45) is 0 Å². The molecule has 0 bridgehead atoms. The molecule has 0 saturated carbocycles. The quantitative estimate of drug-likeness (QED) is 0.199. The van der Waals surface area contributed by atoms with Gasteiger partial charge in [-0.2, -0.15) is 0 Å². The number of hydrogen-bond donors (Lipinski definition) is 0. The molecule has 0 aliphatic heterocycles. The van der Waals surface area contributed by atoms with Crippen molar-refractivity contribution in [3.8, 4) is 44.9 Å². The highest BCUT2D eigenvalue weighted by Crippen LogP contribution is 2.48. The van der Waals surface area contributed by atoms with E-state index >= 15 is 0 Å². The van der Waals surface area contributed by atoms with Gasteiger partial charge in [0.05, 0.1) is 22.1 Å². The van der Waals surface area contributed by atoms with Crippen LogP contribution in [0.5, 0.6) is 0 Å². The molecule has 4 heteroatoms. The second kappa shape index (κ2) is 9.50. The number of fused-ring (bicyclic) bond motifs is 9. The van der Waals surface area contributed by atoms with Crippen molar-refractivity contribution in [1.29, 1.82) is 0 Å². The van der Waals surface area contributed by atoms with Crippen LogP contribution >= 0.6 is 0 Å². The monoisotopic (exact) mass is 610 g/mol. The highest BCUT2D eigenvalue weighted by molar-refractivity contribution is 6.18. The summed E-state index contributed by atoms with van der Waals surface area (Å²) in [5.41, 5.74) is 13.1. The van der Waals surface area contributed by atoms with Crippen LogP contribution in [-0.2, 0) is 0 Å². The van der Waals surface area contributed by atoms with Gasteiger partial charge >= 0.3 is 0 Å². The summed E-state index contributed by atoms with van der Waals surface area (Å²) in [6.07, 6.45) is 5.87. The van der Waals surface area contributed by atoms with Gasteiger partial charge in [-0.1, -0.05) is 84.9 Å². The first-order valence-corrected chi connectivity index (χ1v) is 16.3. The Balaban J connectivity index is 1.13. The molecule has 0 fully saturated rings. The van der Waals surface area contributed by atoms with Crippen LogP contribution in [0.4, 0.5) is 0 Å². The SMILES string of the molecule is c1ccc(-n2c3ccccc3c3cc(-c4ccc5c(c4)c4ccccc4n5-c4ncc5c6c(cccc46)-c4ccncc4-5)ccc32)cc1. The van der Waals surface area contributed by atoms with E-state index in [1.807, 2.05) is 18.6 Å². The maximum absolute atomic E-state index is 5.16. The van der Waals surface area contributed by atoms with Gasteiger partial charge < -0.3 is 4.57 Å². The Bertz CT molecular complexity index is 2920. The molecule has 4 aromatic heterocycles. The molecule has 0 atom stereocenters. The number of rotatable bonds is 3. The molecule has 6 aromatic carbocycles. The van der Waals surface area contributed by atoms with Crippen LogP contribution in [0.15, 0.2) is 158 Å². The molecule has 0 N–H and O–H groups in total. The second-order valence-electron chi connectivity index (χ2n) is 12.6. The molecule has 4 heterocycles. The van der Waals surface area contributed by atoms with E-state index in [-0.39, 0.29) is 0 Å². The fourth-order valence-corrected chi connectivity index (χ4v) is 8.13. The van der Waals surface area contributed by atoms with Crippen LogP contribution < -0.4 is 0 Å². The predicted molar refractivity (Wildman–Crippen MR) is 198 cm³/mol. The molecule has 1 aliphatic carbocycles. The van der Waals surface area contributed by atoms with Crippen LogP contribution in [0.3, 0.4) is 0 Å². The zero-order valence-electron chi connectivity index (χ0n) is 25.8. The van der Waals surface area contributed by atoms with Crippen molar-refractivity contribution in [3.63, 3.8) is 0 Å². The van der Waals surface area contributed by atoms with E-state index < -0.39 is 0 Å². The molecular weight excluding hydrogens is 585 g/mol. The number of benzene rings is 6. The molecule has 0 unspecified atom stereocenters. The molecule has 48 heavy (non-hydrogen) atoms. The van der Waals surface area contributed by atoms with Crippen LogP contribution in [0.2, 0.25) is 0 Å². The number of nitrogens with zero attached hydrogens (tertiary/aromatic N) is 4. The van der Waals surface area contributed by atoms with Gasteiger partial charge in [0, 0.05) is 67.7 Å². The van der Waals surface area contributed by atoms with Crippen LogP contribution in [0.1, 0.15) is 0 Å². The highest BCUT2D eigenvalue weighted by atomic mass is 15.1. The Morgan fingerprint density at radius 3 is 1.77 bits per heavy atom. The standard InChI is InChI=1S/C44H26N4/c1-2-9-29(10-3-1)47-39-15-6-4-11-31(39)35-23-27(17-19-41(35)47)28-18-20-42-36(24-28)32-12-5-7-16-40(32)48(42)44-34-14-8-13-33-30-21-22-45-25-37(30)38(26-46-44)43(33)34/h1-26H. The third kappa shape index (κ3) is 3.38. The Kier molecular flexibility index (Phi) is 5.08. The average molecular weight is 611 g/mol. The molecule has 222 valence electrons. The average Bonchev–Trinajstić information content (AvgIpc) is 3.78. The van der Waals surface area contributed by atoms with E-state index in [0.717, 1.165) is 33.4 Å². The molecule has 0 saturated heterocycles. The van der Waals surface area contributed by atoms with Gasteiger partial charge in [0.25, 0.3) is 0 Å². The van der Waals surface area contributed by atoms with Crippen molar-refractivity contribution < 1.29 is 0 Å². The molecule has 0 amide bonds.